The third-order valence-electron chi connectivity index (χ3n) is 1.95. The van der Waals surface area contributed by atoms with Crippen molar-refractivity contribution in [1.82, 2.24) is 0 Å². The number of hydrogen-bond donors (Lipinski definition) is 2. The van der Waals surface area contributed by atoms with E-state index in [9.17, 15) is 4.79 Å². The predicted molar refractivity (Wildman–Crippen MR) is 37.5 cm³/mol. The largest absolute Gasteiger partial charge is 0.393 e. The van der Waals surface area contributed by atoms with Crippen molar-refractivity contribution in [2.75, 3.05) is 0 Å². The molecule has 1 saturated carbocycles. The average Bonchev–Trinajstić information content (AvgIpc) is 2.04. The smallest absolute Gasteiger partial charge is 0.149 e. The second kappa shape index (κ2) is 3.12. The Bertz CT molecular complexity index is 136. The van der Waals surface area contributed by atoms with Crippen LogP contribution in [0.15, 0.2) is 0 Å². The molecular weight excluding hydrogens is 130 g/mol. The SMILES string of the molecule is NC1CCC(O)CCC1=O. The Morgan fingerprint density at radius 2 is 2.10 bits per heavy atom. The Kier molecular flexibility index (Phi) is 2.40. The van der Waals surface area contributed by atoms with E-state index in [1.165, 1.54) is 0 Å². The van der Waals surface area contributed by atoms with Crippen LogP contribution in [0.5, 0.6) is 0 Å². The van der Waals surface area contributed by atoms with Crippen molar-refractivity contribution >= 4 is 5.78 Å². The third-order valence-corrected chi connectivity index (χ3v) is 1.95. The summed E-state index contributed by atoms with van der Waals surface area (Å²) < 4.78 is 0. The third kappa shape index (κ3) is 1.78. The number of carbonyl (C=O) groups excluding carboxylic acids is 1. The molecule has 0 aromatic heterocycles. The van der Waals surface area contributed by atoms with Gasteiger partial charge in [0.25, 0.3) is 0 Å². The van der Waals surface area contributed by atoms with Crippen LogP contribution >= 0.6 is 0 Å². The molecule has 10 heavy (non-hydrogen) atoms. The van der Waals surface area contributed by atoms with Crippen molar-refractivity contribution in [2.24, 2.45) is 5.73 Å². The molecule has 2 unspecified atom stereocenters. The van der Waals surface area contributed by atoms with Crippen molar-refractivity contribution in [2.45, 2.75) is 37.8 Å². The molecule has 1 aliphatic carbocycles. The molecule has 3 N–H and O–H groups in total. The molecule has 0 bridgehead atoms. The van der Waals surface area contributed by atoms with Crippen molar-refractivity contribution in [3.8, 4) is 0 Å². The van der Waals surface area contributed by atoms with Crippen LogP contribution in [-0.4, -0.2) is 23.0 Å². The van der Waals surface area contributed by atoms with Crippen LogP contribution in [0.1, 0.15) is 25.7 Å². The number of carbonyl (C=O) groups is 1. The quantitative estimate of drug-likeness (QED) is 0.462. The Balaban J connectivity index is 2.46. The molecule has 0 spiro atoms. The standard InChI is InChI=1S/C7H13NO2/c8-6-3-1-5(9)2-4-7(6)10/h5-6,9H,1-4,8H2. The number of rotatable bonds is 0. The van der Waals surface area contributed by atoms with Gasteiger partial charge < -0.3 is 10.8 Å². The first-order valence-corrected chi connectivity index (χ1v) is 3.66. The molecule has 1 rings (SSSR count). The summed E-state index contributed by atoms with van der Waals surface area (Å²) in [5.41, 5.74) is 5.48. The van der Waals surface area contributed by atoms with Gasteiger partial charge in [0.05, 0.1) is 12.1 Å². The summed E-state index contributed by atoms with van der Waals surface area (Å²) in [6, 6.07) is -0.322. The van der Waals surface area contributed by atoms with Crippen LogP contribution in [0.4, 0.5) is 0 Å². The lowest BCUT2D eigenvalue weighted by Gasteiger charge is -2.04. The fourth-order valence-corrected chi connectivity index (χ4v) is 1.17. The minimum Gasteiger partial charge on any atom is -0.393 e. The number of aliphatic hydroxyl groups excluding tert-OH is 1. The number of ketones is 1. The lowest BCUT2D eigenvalue weighted by atomic mass is 10.1. The molecule has 1 fully saturated rings. The highest BCUT2D eigenvalue weighted by Crippen LogP contribution is 2.13. The summed E-state index contributed by atoms with van der Waals surface area (Å²) in [6.45, 7) is 0. The highest BCUT2D eigenvalue weighted by atomic mass is 16.3. The maximum atomic E-state index is 10.9. The molecule has 0 amide bonds. The molecular formula is C7H13NO2. The minimum absolute atomic E-state index is 0.0940. The lowest BCUT2D eigenvalue weighted by molar-refractivity contribution is -0.120. The zero-order valence-corrected chi connectivity index (χ0v) is 5.92. The second-order valence-corrected chi connectivity index (χ2v) is 2.84. The average molecular weight is 143 g/mol. The van der Waals surface area contributed by atoms with Crippen LogP contribution in [0, 0.1) is 0 Å². The summed E-state index contributed by atoms with van der Waals surface area (Å²) in [5.74, 6) is 0.0940. The van der Waals surface area contributed by atoms with Gasteiger partial charge in [0.2, 0.25) is 0 Å². The van der Waals surface area contributed by atoms with Gasteiger partial charge in [-0.1, -0.05) is 0 Å². The zero-order valence-electron chi connectivity index (χ0n) is 5.92. The van der Waals surface area contributed by atoms with Crippen LogP contribution < -0.4 is 5.73 Å². The molecule has 0 aromatic rings. The molecule has 1 aliphatic rings. The van der Waals surface area contributed by atoms with E-state index >= 15 is 0 Å². The van der Waals surface area contributed by atoms with Gasteiger partial charge in [-0.15, -0.1) is 0 Å². The van der Waals surface area contributed by atoms with Crippen LogP contribution in [0.2, 0.25) is 0 Å². The lowest BCUT2D eigenvalue weighted by Crippen LogP contribution is -2.28. The number of hydrogen-bond acceptors (Lipinski definition) is 3. The highest BCUT2D eigenvalue weighted by Gasteiger charge is 2.20. The van der Waals surface area contributed by atoms with Crippen LogP contribution in [-0.2, 0) is 4.79 Å². The molecule has 0 heterocycles. The summed E-state index contributed by atoms with van der Waals surface area (Å²) in [4.78, 5) is 10.9. The van der Waals surface area contributed by atoms with Gasteiger partial charge in [-0.2, -0.15) is 0 Å². The van der Waals surface area contributed by atoms with E-state index < -0.39 is 0 Å². The fourth-order valence-electron chi connectivity index (χ4n) is 1.17. The molecule has 0 aromatic carbocycles. The molecule has 2 atom stereocenters. The normalized spacial score (nSPS) is 35.6. The maximum Gasteiger partial charge on any atom is 0.149 e. The van der Waals surface area contributed by atoms with Gasteiger partial charge >= 0.3 is 0 Å². The van der Waals surface area contributed by atoms with E-state index in [1.807, 2.05) is 0 Å². The molecule has 0 radical (unpaired) electrons. The Morgan fingerprint density at radius 3 is 2.80 bits per heavy atom. The van der Waals surface area contributed by atoms with Gasteiger partial charge in [0.1, 0.15) is 5.78 Å². The predicted octanol–water partition coefficient (Wildman–Crippen LogP) is -0.182. The maximum absolute atomic E-state index is 10.9. The van der Waals surface area contributed by atoms with E-state index in [0.717, 1.165) is 0 Å². The van der Waals surface area contributed by atoms with Crippen molar-refractivity contribution in [1.29, 1.82) is 0 Å². The van der Waals surface area contributed by atoms with E-state index in [1.54, 1.807) is 0 Å². The topological polar surface area (TPSA) is 63.3 Å². The number of aliphatic hydroxyl groups is 1. The molecule has 3 nitrogen and oxygen atoms in total. The summed E-state index contributed by atoms with van der Waals surface area (Å²) in [5, 5.41) is 9.12. The Morgan fingerprint density at radius 1 is 1.40 bits per heavy atom. The van der Waals surface area contributed by atoms with E-state index in [-0.39, 0.29) is 17.9 Å². The van der Waals surface area contributed by atoms with Gasteiger partial charge in [0, 0.05) is 6.42 Å². The zero-order chi connectivity index (χ0) is 7.56. The van der Waals surface area contributed by atoms with Gasteiger partial charge in [0.15, 0.2) is 0 Å². The van der Waals surface area contributed by atoms with E-state index in [2.05, 4.69) is 0 Å². The summed E-state index contributed by atoms with van der Waals surface area (Å²) >= 11 is 0. The van der Waals surface area contributed by atoms with Gasteiger partial charge in [-0.05, 0) is 19.3 Å². The van der Waals surface area contributed by atoms with Gasteiger partial charge in [-0.25, -0.2) is 0 Å². The first-order valence-electron chi connectivity index (χ1n) is 3.66. The fraction of sp³-hybridized carbons (Fsp3) is 0.857. The summed E-state index contributed by atoms with van der Waals surface area (Å²) in [7, 11) is 0. The molecule has 0 saturated heterocycles. The molecule has 0 aliphatic heterocycles. The number of Topliss-reactive ketones (excluding diaryl/α,β-unsaturated/α-hetero) is 1. The van der Waals surface area contributed by atoms with Crippen molar-refractivity contribution in [3.63, 3.8) is 0 Å². The molecule has 3 heteroatoms. The van der Waals surface area contributed by atoms with E-state index in [0.29, 0.717) is 25.7 Å². The minimum atomic E-state index is -0.322. The second-order valence-electron chi connectivity index (χ2n) is 2.84. The first kappa shape index (κ1) is 7.69. The Labute approximate surface area is 60.2 Å². The summed E-state index contributed by atoms with van der Waals surface area (Å²) in [6.07, 6.45) is 2.04. The van der Waals surface area contributed by atoms with Crippen molar-refractivity contribution in [3.05, 3.63) is 0 Å². The monoisotopic (exact) mass is 143 g/mol. The van der Waals surface area contributed by atoms with E-state index in [4.69, 9.17) is 10.8 Å². The van der Waals surface area contributed by atoms with Crippen molar-refractivity contribution < 1.29 is 9.90 Å². The highest BCUT2D eigenvalue weighted by molar-refractivity contribution is 5.83. The Hall–Kier alpha value is -0.410. The number of nitrogens with two attached hydrogens (primary N) is 1. The van der Waals surface area contributed by atoms with Gasteiger partial charge in [-0.3, -0.25) is 4.79 Å². The first-order chi connectivity index (χ1) is 4.70. The van der Waals surface area contributed by atoms with Crippen LogP contribution in [0.3, 0.4) is 0 Å². The molecule has 58 valence electrons. The van der Waals surface area contributed by atoms with Crippen LogP contribution in [0.25, 0.3) is 0 Å².